The highest BCUT2D eigenvalue weighted by Crippen LogP contribution is 2.76. The van der Waals surface area contributed by atoms with Crippen molar-refractivity contribution < 1.29 is 69.4 Å². The number of carboxylic acid groups (broad SMARTS) is 1. The molecule has 312 valence electrons. The van der Waals surface area contributed by atoms with Crippen LogP contribution in [0.15, 0.2) is 11.6 Å². The van der Waals surface area contributed by atoms with Crippen LogP contribution in [0.2, 0.25) is 0 Å². The van der Waals surface area contributed by atoms with Gasteiger partial charge in [0.15, 0.2) is 6.29 Å². The summed E-state index contributed by atoms with van der Waals surface area (Å²) < 4.78 is 23.4. The van der Waals surface area contributed by atoms with Gasteiger partial charge in [-0.1, -0.05) is 46.3 Å². The molecule has 4 saturated carbocycles. The number of rotatable bonds is 6. The normalized spacial score (nSPS) is 53.4. The van der Waals surface area contributed by atoms with Gasteiger partial charge in [0.05, 0.1) is 30.1 Å². The van der Waals surface area contributed by atoms with Crippen molar-refractivity contribution in [2.45, 2.75) is 167 Å². The fourth-order valence-electron chi connectivity index (χ4n) is 13.2. The molecule has 0 bridgehead atoms. The van der Waals surface area contributed by atoms with Crippen molar-refractivity contribution in [2.24, 2.45) is 50.2 Å². The first-order valence-corrected chi connectivity index (χ1v) is 20.4. The minimum absolute atomic E-state index is 0.0660. The Labute approximate surface area is 323 Å². The quantitative estimate of drug-likeness (QED) is 0.110. The number of aliphatic carboxylic acids is 1. The monoisotopic (exact) mass is 780 g/mol. The molecule has 0 radical (unpaired) electrons. The molecule has 7 aliphatic rings. The first-order valence-electron chi connectivity index (χ1n) is 20.4. The number of fused-ring (bicyclic) bond motifs is 7. The second-order valence-corrected chi connectivity index (χ2v) is 20.0. The number of carbonyl (C=O) groups is 2. The molecular weight excluding hydrogens is 716 g/mol. The molecule has 0 aromatic heterocycles. The van der Waals surface area contributed by atoms with E-state index >= 15 is 0 Å². The molecule has 6 fully saturated rings. The van der Waals surface area contributed by atoms with Crippen molar-refractivity contribution in [1.82, 2.24) is 0 Å². The van der Waals surface area contributed by atoms with E-state index in [-0.39, 0.29) is 40.6 Å². The third-order valence-electron chi connectivity index (χ3n) is 16.9. The lowest BCUT2D eigenvalue weighted by atomic mass is 9.33. The van der Waals surface area contributed by atoms with Crippen LogP contribution in [0.5, 0.6) is 0 Å². The van der Waals surface area contributed by atoms with E-state index < -0.39 is 96.2 Å². The summed E-state index contributed by atoms with van der Waals surface area (Å²) in [6.45, 7) is 12.3. The van der Waals surface area contributed by atoms with Crippen LogP contribution in [0.4, 0.5) is 0 Å². The number of aliphatic hydroxyl groups is 7. The lowest BCUT2D eigenvalue weighted by molar-refractivity contribution is -0.308. The van der Waals surface area contributed by atoms with E-state index in [9.17, 15) is 50.4 Å². The van der Waals surface area contributed by atoms with Gasteiger partial charge in [-0.25, -0.2) is 0 Å². The lowest BCUT2D eigenvalue weighted by Gasteiger charge is -2.71. The highest BCUT2D eigenvalue weighted by molar-refractivity contribution is 5.79. The smallest absolute Gasteiger partial charge is 0.315 e. The maximum absolute atomic E-state index is 14.5. The number of carboxylic acids is 1. The van der Waals surface area contributed by atoms with Gasteiger partial charge >= 0.3 is 11.9 Å². The van der Waals surface area contributed by atoms with Gasteiger partial charge in [-0.05, 0) is 111 Å². The fraction of sp³-hybridized carbons (Fsp3) is 0.902. The Hall–Kier alpha value is -1.72. The summed E-state index contributed by atoms with van der Waals surface area (Å²) in [7, 11) is 0. The van der Waals surface area contributed by atoms with Crippen molar-refractivity contribution in [3.8, 4) is 0 Å². The summed E-state index contributed by atoms with van der Waals surface area (Å²) in [5.41, 5.74) is -2.02. The second-order valence-electron chi connectivity index (χ2n) is 20.0. The molecule has 2 aliphatic heterocycles. The standard InChI is InChI=1S/C41H64O14/c1-36(2)13-15-41(35(51)55-33-31(48)29(46)28(45)23(18-42)53-33)16-14-38(4)20(21(41)17-36)7-8-24-37(3)11-10-26(54-32-30(47)27(44)22(43)19-52-32)40(6,34(49)50)25(37)9-12-39(24,38)5/h7,21-33,42-48H,8-19H2,1-6H3,(H,49,50)/t21-,22+,23+,24+,25+,26-,27-,28+,29-,30+,31+,32-,33-,37+,38+,39+,40-,41-/m0/s1. The van der Waals surface area contributed by atoms with Crippen LogP contribution >= 0.6 is 0 Å². The average molecular weight is 781 g/mol. The zero-order valence-electron chi connectivity index (χ0n) is 33.1. The van der Waals surface area contributed by atoms with Crippen LogP contribution in [0, 0.1) is 50.2 Å². The maximum Gasteiger partial charge on any atom is 0.315 e. The van der Waals surface area contributed by atoms with Crippen LogP contribution in [0.25, 0.3) is 0 Å². The van der Waals surface area contributed by atoms with Gasteiger partial charge < -0.3 is 59.8 Å². The number of ether oxygens (including phenoxy) is 4. The maximum atomic E-state index is 14.5. The van der Waals surface area contributed by atoms with Gasteiger partial charge in [0.25, 0.3) is 0 Å². The Morgan fingerprint density at radius 2 is 1.47 bits per heavy atom. The van der Waals surface area contributed by atoms with Crippen LogP contribution in [-0.4, -0.2) is 127 Å². The Morgan fingerprint density at radius 1 is 0.800 bits per heavy atom. The minimum atomic E-state index is -1.69. The third kappa shape index (κ3) is 6.01. The van der Waals surface area contributed by atoms with Crippen LogP contribution < -0.4 is 0 Å². The zero-order valence-corrected chi connectivity index (χ0v) is 33.1. The summed E-state index contributed by atoms with van der Waals surface area (Å²) in [4.78, 5) is 28.0. The Morgan fingerprint density at radius 3 is 2.15 bits per heavy atom. The Kier molecular flexibility index (Phi) is 10.5. The van der Waals surface area contributed by atoms with Gasteiger partial charge in [-0.2, -0.15) is 0 Å². The predicted octanol–water partition coefficient (Wildman–Crippen LogP) is 2.02. The molecule has 55 heavy (non-hydrogen) atoms. The zero-order chi connectivity index (χ0) is 40.3. The SMILES string of the molecule is CC1(C)CC[C@]2(C(=O)O[C@@H]3O[C@H](CO)[C@@H](O)[C@H](O)[C@H]3O)CC[C@]3(C)C(=CC[C@@H]4[C@@]5(C)CC[C@H](O[C@@H]6OC[C@@H](O)[C@H](O)[C@H]6O)[C@@](C)(C(=O)O)[C@@H]5CC[C@]43C)[C@@H]2C1. The highest BCUT2D eigenvalue weighted by Gasteiger charge is 2.71. The predicted molar refractivity (Wildman–Crippen MR) is 193 cm³/mol. The molecule has 0 unspecified atom stereocenters. The van der Waals surface area contributed by atoms with Crippen molar-refractivity contribution in [3.63, 3.8) is 0 Å². The fourth-order valence-corrected chi connectivity index (χ4v) is 13.2. The van der Waals surface area contributed by atoms with Gasteiger partial charge in [-0.3, -0.25) is 9.59 Å². The van der Waals surface area contributed by atoms with Crippen molar-refractivity contribution >= 4 is 11.9 Å². The summed E-state index contributed by atoms with van der Waals surface area (Å²) in [5.74, 6) is -1.81. The van der Waals surface area contributed by atoms with E-state index in [2.05, 4.69) is 40.7 Å². The van der Waals surface area contributed by atoms with E-state index in [0.29, 0.717) is 44.9 Å². The number of hydrogen-bond acceptors (Lipinski definition) is 13. The van der Waals surface area contributed by atoms with Crippen molar-refractivity contribution in [3.05, 3.63) is 11.6 Å². The summed E-state index contributed by atoms with van der Waals surface area (Å²) >= 11 is 0. The third-order valence-corrected chi connectivity index (χ3v) is 16.9. The molecular formula is C41H64O14. The van der Waals surface area contributed by atoms with Crippen LogP contribution in [0.1, 0.15) is 106 Å². The molecule has 8 N–H and O–H groups in total. The number of hydrogen-bond donors (Lipinski definition) is 8. The molecule has 14 heteroatoms. The molecule has 0 spiro atoms. The van der Waals surface area contributed by atoms with Crippen molar-refractivity contribution in [2.75, 3.05) is 13.2 Å². The number of carbonyl (C=O) groups excluding carboxylic acids is 1. The Balaban J connectivity index is 1.19. The van der Waals surface area contributed by atoms with Crippen molar-refractivity contribution in [1.29, 1.82) is 0 Å². The van der Waals surface area contributed by atoms with Gasteiger partial charge in [0.2, 0.25) is 6.29 Å². The molecule has 2 heterocycles. The van der Waals surface area contributed by atoms with E-state index in [4.69, 9.17) is 18.9 Å². The van der Waals surface area contributed by atoms with Gasteiger partial charge in [0, 0.05) is 0 Å². The van der Waals surface area contributed by atoms with Gasteiger partial charge in [0.1, 0.15) is 42.7 Å². The first kappa shape index (κ1) is 41.4. The average Bonchev–Trinajstić information content (AvgIpc) is 3.13. The highest BCUT2D eigenvalue weighted by atomic mass is 16.7. The largest absolute Gasteiger partial charge is 0.481 e. The van der Waals surface area contributed by atoms with E-state index in [0.717, 1.165) is 19.3 Å². The molecule has 0 aromatic carbocycles. The Bertz CT molecular complexity index is 1530. The van der Waals surface area contributed by atoms with Crippen LogP contribution in [-0.2, 0) is 28.5 Å². The molecule has 7 rings (SSSR count). The van der Waals surface area contributed by atoms with Gasteiger partial charge in [-0.15, -0.1) is 0 Å². The summed E-state index contributed by atoms with van der Waals surface area (Å²) in [5, 5.41) is 83.2. The molecule has 5 aliphatic carbocycles. The van der Waals surface area contributed by atoms with E-state index in [1.165, 1.54) is 5.57 Å². The molecule has 0 amide bonds. The molecule has 14 nitrogen and oxygen atoms in total. The van der Waals surface area contributed by atoms with E-state index in [1.54, 1.807) is 6.92 Å². The lowest BCUT2D eigenvalue weighted by Crippen LogP contribution is -2.67. The topological polar surface area (TPSA) is 233 Å². The number of allylic oxidation sites excluding steroid dienone is 2. The second kappa shape index (κ2) is 13.9. The molecule has 0 aromatic rings. The number of aliphatic hydroxyl groups excluding tert-OH is 7. The minimum Gasteiger partial charge on any atom is -0.481 e. The number of esters is 1. The van der Waals surface area contributed by atoms with E-state index in [1.807, 2.05) is 0 Å². The summed E-state index contributed by atoms with van der Waals surface area (Å²) in [6, 6.07) is 0. The molecule has 18 atom stereocenters. The molecule has 2 saturated heterocycles. The van der Waals surface area contributed by atoms with Crippen LogP contribution in [0.3, 0.4) is 0 Å². The summed E-state index contributed by atoms with van der Waals surface area (Å²) in [6.07, 6.45) is -5.14. The first-order chi connectivity index (χ1) is 25.6.